The molecule has 0 unspecified atom stereocenters. The summed E-state index contributed by atoms with van der Waals surface area (Å²) in [5.74, 6) is -0.269. The summed E-state index contributed by atoms with van der Waals surface area (Å²) in [7, 11) is 0. The molecule has 20 heavy (non-hydrogen) atoms. The van der Waals surface area contributed by atoms with Crippen LogP contribution in [0.1, 0.15) is 15.9 Å². The molecule has 4 heteroatoms. The number of nitrogens with zero attached hydrogens (tertiary/aromatic N) is 1. The van der Waals surface area contributed by atoms with E-state index in [4.69, 9.17) is 0 Å². The summed E-state index contributed by atoms with van der Waals surface area (Å²) in [6, 6.07) is 12.5. The lowest BCUT2D eigenvalue weighted by molar-refractivity contribution is 0.112. The van der Waals surface area contributed by atoms with Crippen LogP contribution < -0.4 is 0 Å². The summed E-state index contributed by atoms with van der Waals surface area (Å²) in [6.45, 7) is 0.630. The molecular formula is C16H11BrFNO. The highest BCUT2D eigenvalue weighted by Gasteiger charge is 2.06. The maximum absolute atomic E-state index is 13.2. The zero-order valence-corrected chi connectivity index (χ0v) is 12.1. The van der Waals surface area contributed by atoms with Gasteiger partial charge in [0.05, 0.1) is 4.47 Å². The smallest absolute Gasteiger partial charge is 0.150 e. The number of hydrogen-bond acceptors (Lipinski definition) is 1. The Hall–Kier alpha value is -1.94. The molecular weight excluding hydrogens is 321 g/mol. The third kappa shape index (κ3) is 2.27. The molecule has 0 saturated carbocycles. The largest absolute Gasteiger partial charge is 0.343 e. The van der Waals surface area contributed by atoms with E-state index in [1.807, 2.05) is 29.0 Å². The first-order chi connectivity index (χ1) is 9.69. The lowest BCUT2D eigenvalue weighted by Gasteiger charge is -2.07. The van der Waals surface area contributed by atoms with Crippen LogP contribution in [0.25, 0.3) is 10.9 Å². The molecule has 0 fully saturated rings. The zero-order chi connectivity index (χ0) is 14.1. The molecule has 0 amide bonds. The first-order valence-electron chi connectivity index (χ1n) is 6.16. The maximum Gasteiger partial charge on any atom is 0.150 e. The minimum Gasteiger partial charge on any atom is -0.343 e. The maximum atomic E-state index is 13.2. The summed E-state index contributed by atoms with van der Waals surface area (Å²) in [6.07, 6.45) is 2.80. The first kappa shape index (κ1) is 13.1. The predicted molar refractivity (Wildman–Crippen MR) is 80.5 cm³/mol. The Labute approximate surface area is 124 Å². The highest BCUT2D eigenvalue weighted by molar-refractivity contribution is 9.10. The highest BCUT2D eigenvalue weighted by atomic mass is 79.9. The Balaban J connectivity index is 2.02. The number of aldehydes is 1. The van der Waals surface area contributed by atoms with Crippen LogP contribution in [-0.4, -0.2) is 10.9 Å². The molecule has 0 atom stereocenters. The second kappa shape index (κ2) is 5.21. The van der Waals surface area contributed by atoms with Crippen LogP contribution in [0.5, 0.6) is 0 Å². The van der Waals surface area contributed by atoms with Crippen molar-refractivity contribution in [2.24, 2.45) is 0 Å². The van der Waals surface area contributed by atoms with Crippen molar-refractivity contribution < 1.29 is 9.18 Å². The van der Waals surface area contributed by atoms with Gasteiger partial charge in [0.1, 0.15) is 5.82 Å². The van der Waals surface area contributed by atoms with Gasteiger partial charge in [0.25, 0.3) is 0 Å². The van der Waals surface area contributed by atoms with E-state index in [-0.39, 0.29) is 5.82 Å². The summed E-state index contributed by atoms with van der Waals surface area (Å²) in [5.41, 5.74) is 2.67. The standard InChI is InChI=1S/C16H11BrFNO/c17-14-8-11(4-5-15(14)18)9-19-7-6-13-12(10-20)2-1-3-16(13)19/h1-8,10H,9H2. The molecule has 0 radical (unpaired) electrons. The number of benzene rings is 2. The van der Waals surface area contributed by atoms with Crippen molar-refractivity contribution in [3.05, 3.63) is 70.1 Å². The van der Waals surface area contributed by atoms with E-state index in [0.29, 0.717) is 16.6 Å². The van der Waals surface area contributed by atoms with Crippen molar-refractivity contribution >= 4 is 33.1 Å². The van der Waals surface area contributed by atoms with E-state index in [0.717, 1.165) is 22.8 Å². The van der Waals surface area contributed by atoms with Crippen molar-refractivity contribution in [1.82, 2.24) is 4.57 Å². The minimum absolute atomic E-state index is 0.269. The fourth-order valence-corrected chi connectivity index (χ4v) is 2.75. The fourth-order valence-electron chi connectivity index (χ4n) is 2.32. The van der Waals surface area contributed by atoms with Gasteiger partial charge < -0.3 is 4.57 Å². The molecule has 1 heterocycles. The van der Waals surface area contributed by atoms with Gasteiger partial charge in [-0.2, -0.15) is 0 Å². The molecule has 0 N–H and O–H groups in total. The molecule has 2 nitrogen and oxygen atoms in total. The molecule has 0 spiro atoms. The van der Waals surface area contributed by atoms with Gasteiger partial charge in [-0.25, -0.2) is 4.39 Å². The Kier molecular flexibility index (Phi) is 3.40. The van der Waals surface area contributed by atoms with Gasteiger partial charge in [-0.1, -0.05) is 18.2 Å². The van der Waals surface area contributed by atoms with Gasteiger partial charge in [-0.15, -0.1) is 0 Å². The molecule has 3 rings (SSSR count). The van der Waals surface area contributed by atoms with E-state index in [1.165, 1.54) is 6.07 Å². The van der Waals surface area contributed by atoms with E-state index in [9.17, 15) is 9.18 Å². The van der Waals surface area contributed by atoms with Gasteiger partial charge >= 0.3 is 0 Å². The average molecular weight is 332 g/mol. The van der Waals surface area contributed by atoms with Crippen LogP contribution in [0.4, 0.5) is 4.39 Å². The summed E-state index contributed by atoms with van der Waals surface area (Å²) < 4.78 is 15.7. The Morgan fingerprint density at radius 3 is 2.80 bits per heavy atom. The van der Waals surface area contributed by atoms with E-state index < -0.39 is 0 Å². The molecule has 3 aromatic rings. The van der Waals surface area contributed by atoms with Gasteiger partial charge in [-0.3, -0.25) is 4.79 Å². The highest BCUT2D eigenvalue weighted by Crippen LogP contribution is 2.22. The third-order valence-electron chi connectivity index (χ3n) is 3.31. The predicted octanol–water partition coefficient (Wildman–Crippen LogP) is 4.40. The number of halogens is 2. The molecule has 0 saturated heterocycles. The van der Waals surface area contributed by atoms with Crippen molar-refractivity contribution in [2.75, 3.05) is 0 Å². The van der Waals surface area contributed by atoms with Gasteiger partial charge in [0, 0.05) is 29.2 Å². The van der Waals surface area contributed by atoms with Crippen LogP contribution >= 0.6 is 15.9 Å². The number of fused-ring (bicyclic) bond motifs is 1. The summed E-state index contributed by atoms with van der Waals surface area (Å²) in [4.78, 5) is 11.0. The third-order valence-corrected chi connectivity index (χ3v) is 3.92. The molecule has 2 aromatic carbocycles. The normalized spacial score (nSPS) is 10.9. The van der Waals surface area contributed by atoms with Crippen LogP contribution in [0.15, 0.2) is 53.1 Å². The summed E-state index contributed by atoms with van der Waals surface area (Å²) in [5, 5.41) is 0.934. The lowest BCUT2D eigenvalue weighted by Crippen LogP contribution is -1.98. The lowest BCUT2D eigenvalue weighted by atomic mass is 10.1. The Morgan fingerprint density at radius 1 is 1.20 bits per heavy atom. The van der Waals surface area contributed by atoms with Crippen molar-refractivity contribution in [2.45, 2.75) is 6.54 Å². The Morgan fingerprint density at radius 2 is 2.05 bits per heavy atom. The second-order valence-corrected chi connectivity index (χ2v) is 5.44. The Bertz CT molecular complexity index is 794. The topological polar surface area (TPSA) is 22.0 Å². The second-order valence-electron chi connectivity index (χ2n) is 4.59. The number of aromatic nitrogens is 1. The van der Waals surface area contributed by atoms with Crippen LogP contribution in [0.2, 0.25) is 0 Å². The van der Waals surface area contributed by atoms with E-state index in [1.54, 1.807) is 18.2 Å². The number of carbonyl (C=O) groups is 1. The number of carbonyl (C=O) groups excluding carboxylic acids is 1. The van der Waals surface area contributed by atoms with Crippen molar-refractivity contribution in [3.8, 4) is 0 Å². The van der Waals surface area contributed by atoms with E-state index in [2.05, 4.69) is 15.9 Å². The van der Waals surface area contributed by atoms with Crippen molar-refractivity contribution in [1.29, 1.82) is 0 Å². The SMILES string of the molecule is O=Cc1cccc2c1ccn2Cc1ccc(F)c(Br)c1. The van der Waals surface area contributed by atoms with Gasteiger partial charge in [0.15, 0.2) is 6.29 Å². The van der Waals surface area contributed by atoms with E-state index >= 15 is 0 Å². The molecule has 1 aromatic heterocycles. The van der Waals surface area contributed by atoms with Crippen LogP contribution in [-0.2, 0) is 6.54 Å². The number of rotatable bonds is 3. The number of hydrogen-bond donors (Lipinski definition) is 0. The van der Waals surface area contributed by atoms with Crippen LogP contribution in [0, 0.1) is 5.82 Å². The van der Waals surface area contributed by atoms with Crippen molar-refractivity contribution in [3.63, 3.8) is 0 Å². The first-order valence-corrected chi connectivity index (χ1v) is 6.95. The molecule has 0 bridgehead atoms. The zero-order valence-electron chi connectivity index (χ0n) is 10.5. The minimum atomic E-state index is -0.269. The van der Waals surface area contributed by atoms with Gasteiger partial charge in [0.2, 0.25) is 0 Å². The summed E-state index contributed by atoms with van der Waals surface area (Å²) >= 11 is 3.19. The quantitative estimate of drug-likeness (QED) is 0.652. The average Bonchev–Trinajstić information content (AvgIpc) is 2.86. The molecule has 0 aliphatic heterocycles. The van der Waals surface area contributed by atoms with Crippen LogP contribution in [0.3, 0.4) is 0 Å². The monoisotopic (exact) mass is 331 g/mol. The molecule has 0 aliphatic carbocycles. The molecule has 0 aliphatic rings. The fraction of sp³-hybridized carbons (Fsp3) is 0.0625. The molecule has 100 valence electrons. The van der Waals surface area contributed by atoms with Gasteiger partial charge in [-0.05, 0) is 45.8 Å².